The van der Waals surface area contributed by atoms with E-state index in [2.05, 4.69) is 52.3 Å². The molecule has 0 amide bonds. The fraction of sp³-hybridized carbons (Fsp3) is 0.375. The molecule has 2 aromatic rings. The topological polar surface area (TPSA) is 20.2 Å². The Balaban J connectivity index is 1.95. The van der Waals surface area contributed by atoms with Gasteiger partial charge in [0.05, 0.1) is 0 Å². The molecule has 18 heavy (non-hydrogen) atoms. The summed E-state index contributed by atoms with van der Waals surface area (Å²) in [5.41, 5.74) is 1.41. The van der Waals surface area contributed by atoms with Gasteiger partial charge in [-0.25, -0.2) is 0 Å². The normalized spacial score (nSPS) is 11.0. The Bertz CT molecular complexity index is 507. The van der Waals surface area contributed by atoms with Crippen LogP contribution in [0.5, 0.6) is 0 Å². The van der Waals surface area contributed by atoms with E-state index in [1.807, 2.05) is 0 Å². The van der Waals surface area contributed by atoms with Gasteiger partial charge in [0.15, 0.2) is 0 Å². The van der Waals surface area contributed by atoms with Gasteiger partial charge >= 0.3 is 0 Å². The zero-order chi connectivity index (χ0) is 12.8. The molecule has 0 atom stereocenters. The zero-order valence-electron chi connectivity index (χ0n) is 10.5. The lowest BCUT2D eigenvalue weighted by Crippen LogP contribution is -1.88. The van der Waals surface area contributed by atoms with Gasteiger partial charge < -0.3 is 5.11 Å². The summed E-state index contributed by atoms with van der Waals surface area (Å²) in [6.07, 6.45) is 5.63. The molecule has 2 heteroatoms. The Morgan fingerprint density at radius 1 is 0.833 bits per heavy atom. The molecule has 0 radical (unpaired) electrons. The van der Waals surface area contributed by atoms with Crippen LogP contribution in [-0.4, -0.2) is 11.7 Å². The van der Waals surface area contributed by atoms with Crippen LogP contribution in [0, 0.1) is 0 Å². The van der Waals surface area contributed by atoms with Crippen molar-refractivity contribution in [3.8, 4) is 0 Å². The van der Waals surface area contributed by atoms with E-state index in [1.165, 1.54) is 29.2 Å². The van der Waals surface area contributed by atoms with Crippen LogP contribution in [0.25, 0.3) is 10.8 Å². The molecule has 0 aliphatic carbocycles. The highest BCUT2D eigenvalue weighted by Gasteiger charge is 1.98. The lowest BCUT2D eigenvalue weighted by Gasteiger charge is -2.04. The Kier molecular flexibility index (Phi) is 5.21. The highest BCUT2D eigenvalue weighted by Crippen LogP contribution is 2.21. The Hall–Kier alpha value is -0.860. The number of benzene rings is 2. The van der Waals surface area contributed by atoms with Gasteiger partial charge in [-0.1, -0.05) is 53.0 Å². The van der Waals surface area contributed by atoms with Crippen molar-refractivity contribution in [1.82, 2.24) is 0 Å². The van der Waals surface area contributed by atoms with Gasteiger partial charge in [-0.3, -0.25) is 0 Å². The predicted molar refractivity (Wildman–Crippen MR) is 80.9 cm³/mol. The summed E-state index contributed by atoms with van der Waals surface area (Å²) in [5.74, 6) is 0. The van der Waals surface area contributed by atoms with E-state index in [1.54, 1.807) is 0 Å². The lowest BCUT2D eigenvalue weighted by molar-refractivity contribution is 0.282. The fourth-order valence-corrected chi connectivity index (χ4v) is 2.59. The molecule has 96 valence electrons. The molecule has 0 aliphatic heterocycles. The Labute approximate surface area is 117 Å². The molecule has 0 saturated heterocycles. The monoisotopic (exact) mass is 306 g/mol. The van der Waals surface area contributed by atoms with Crippen molar-refractivity contribution >= 4 is 26.7 Å². The van der Waals surface area contributed by atoms with E-state index >= 15 is 0 Å². The van der Waals surface area contributed by atoms with Crippen molar-refractivity contribution in [2.75, 3.05) is 6.61 Å². The molecule has 1 N–H and O–H groups in total. The maximum Gasteiger partial charge on any atom is 0.0431 e. The summed E-state index contributed by atoms with van der Waals surface area (Å²) in [6.45, 7) is 0.324. The minimum Gasteiger partial charge on any atom is -0.396 e. The highest BCUT2D eigenvalue weighted by atomic mass is 79.9. The molecule has 0 fully saturated rings. The average Bonchev–Trinajstić information content (AvgIpc) is 2.38. The molecule has 0 heterocycles. The van der Waals surface area contributed by atoms with Gasteiger partial charge in [-0.15, -0.1) is 0 Å². The summed E-state index contributed by atoms with van der Waals surface area (Å²) in [4.78, 5) is 0. The molecule has 0 unspecified atom stereocenters. The van der Waals surface area contributed by atoms with Crippen LogP contribution in [0.15, 0.2) is 40.9 Å². The molecule has 0 saturated carbocycles. The van der Waals surface area contributed by atoms with Crippen molar-refractivity contribution in [2.24, 2.45) is 0 Å². The molecular weight excluding hydrogens is 288 g/mol. The predicted octanol–water partition coefficient (Wildman–Crippen LogP) is 4.70. The zero-order valence-corrected chi connectivity index (χ0v) is 12.1. The first-order valence-electron chi connectivity index (χ1n) is 6.58. The van der Waals surface area contributed by atoms with Crippen LogP contribution in [0.3, 0.4) is 0 Å². The second-order valence-electron chi connectivity index (χ2n) is 4.71. The number of fused-ring (bicyclic) bond motifs is 1. The van der Waals surface area contributed by atoms with E-state index in [0.717, 1.165) is 23.7 Å². The SMILES string of the molecule is OCCCCCCc1ccc2cc(Br)ccc2c1. The van der Waals surface area contributed by atoms with Gasteiger partial charge in [-0.2, -0.15) is 0 Å². The molecule has 2 rings (SSSR count). The third kappa shape index (κ3) is 3.82. The van der Waals surface area contributed by atoms with E-state index in [0.29, 0.717) is 6.61 Å². The summed E-state index contributed by atoms with van der Waals surface area (Å²) in [6, 6.07) is 13.1. The molecular formula is C16H19BrO. The number of aliphatic hydroxyl groups excluding tert-OH is 1. The second-order valence-corrected chi connectivity index (χ2v) is 5.63. The molecule has 0 aromatic heterocycles. The summed E-state index contributed by atoms with van der Waals surface area (Å²) in [7, 11) is 0. The van der Waals surface area contributed by atoms with E-state index in [4.69, 9.17) is 5.11 Å². The number of aliphatic hydroxyl groups is 1. The number of aryl methyl sites for hydroxylation is 1. The van der Waals surface area contributed by atoms with E-state index in [-0.39, 0.29) is 0 Å². The minimum atomic E-state index is 0.324. The van der Waals surface area contributed by atoms with Crippen molar-refractivity contribution in [2.45, 2.75) is 32.1 Å². The third-order valence-corrected chi connectivity index (χ3v) is 3.73. The number of unbranched alkanes of at least 4 members (excludes halogenated alkanes) is 3. The van der Waals surface area contributed by atoms with Crippen molar-refractivity contribution < 1.29 is 5.11 Å². The van der Waals surface area contributed by atoms with Crippen molar-refractivity contribution in [1.29, 1.82) is 0 Å². The van der Waals surface area contributed by atoms with E-state index < -0.39 is 0 Å². The minimum absolute atomic E-state index is 0.324. The highest BCUT2D eigenvalue weighted by molar-refractivity contribution is 9.10. The molecule has 2 aromatic carbocycles. The fourth-order valence-electron chi connectivity index (χ4n) is 2.22. The number of rotatable bonds is 6. The van der Waals surface area contributed by atoms with Gasteiger partial charge in [0.2, 0.25) is 0 Å². The molecule has 1 nitrogen and oxygen atoms in total. The third-order valence-electron chi connectivity index (χ3n) is 3.24. The van der Waals surface area contributed by atoms with Crippen LogP contribution in [0.4, 0.5) is 0 Å². The van der Waals surface area contributed by atoms with Crippen LogP contribution >= 0.6 is 15.9 Å². The first-order chi connectivity index (χ1) is 8.79. The maximum absolute atomic E-state index is 8.72. The summed E-state index contributed by atoms with van der Waals surface area (Å²) < 4.78 is 1.13. The van der Waals surface area contributed by atoms with Crippen LogP contribution in [0.1, 0.15) is 31.2 Å². The van der Waals surface area contributed by atoms with Crippen molar-refractivity contribution in [3.05, 3.63) is 46.4 Å². The number of hydrogen-bond acceptors (Lipinski definition) is 1. The average molecular weight is 307 g/mol. The Morgan fingerprint density at radius 2 is 1.56 bits per heavy atom. The van der Waals surface area contributed by atoms with Crippen LogP contribution in [0.2, 0.25) is 0 Å². The summed E-state index contributed by atoms with van der Waals surface area (Å²) in [5, 5.41) is 11.3. The van der Waals surface area contributed by atoms with Crippen LogP contribution < -0.4 is 0 Å². The summed E-state index contributed by atoms with van der Waals surface area (Å²) >= 11 is 3.50. The largest absolute Gasteiger partial charge is 0.396 e. The number of halogens is 1. The van der Waals surface area contributed by atoms with Gasteiger partial charge in [0.1, 0.15) is 0 Å². The molecule has 0 spiro atoms. The van der Waals surface area contributed by atoms with Crippen molar-refractivity contribution in [3.63, 3.8) is 0 Å². The standard InChI is InChI=1S/C16H19BrO/c17-16-9-8-14-11-13(6-7-15(14)12-16)5-3-1-2-4-10-18/h6-9,11-12,18H,1-5,10H2. The smallest absolute Gasteiger partial charge is 0.0431 e. The maximum atomic E-state index is 8.72. The molecule has 0 bridgehead atoms. The molecule has 0 aliphatic rings. The Morgan fingerprint density at radius 3 is 2.39 bits per heavy atom. The van der Waals surface area contributed by atoms with Gasteiger partial charge in [0, 0.05) is 11.1 Å². The van der Waals surface area contributed by atoms with Gasteiger partial charge in [-0.05, 0) is 47.7 Å². The van der Waals surface area contributed by atoms with E-state index in [9.17, 15) is 0 Å². The number of hydrogen-bond donors (Lipinski definition) is 1. The quantitative estimate of drug-likeness (QED) is 0.767. The lowest BCUT2D eigenvalue weighted by atomic mass is 10.0. The van der Waals surface area contributed by atoms with Crippen LogP contribution in [-0.2, 0) is 6.42 Å². The first kappa shape index (κ1) is 13.6. The van der Waals surface area contributed by atoms with Gasteiger partial charge in [0.25, 0.3) is 0 Å². The first-order valence-corrected chi connectivity index (χ1v) is 7.38. The second kappa shape index (κ2) is 6.91.